The average molecular weight is 392 g/mol. The van der Waals surface area contributed by atoms with E-state index in [0.717, 1.165) is 5.69 Å². The lowest BCUT2D eigenvalue weighted by atomic mass is 10.1. The van der Waals surface area contributed by atoms with Gasteiger partial charge in [-0.05, 0) is 43.3 Å². The van der Waals surface area contributed by atoms with Crippen LogP contribution in [0.1, 0.15) is 21.9 Å². The molecule has 0 atom stereocenters. The molecule has 0 aliphatic heterocycles. The minimum absolute atomic E-state index is 0.0357. The molecule has 2 aromatic heterocycles. The van der Waals surface area contributed by atoms with Crippen LogP contribution in [0.4, 0.5) is 4.39 Å². The molecular weight excluding hydrogens is 375 g/mol. The van der Waals surface area contributed by atoms with Crippen molar-refractivity contribution in [1.82, 2.24) is 20.4 Å². The van der Waals surface area contributed by atoms with Crippen molar-refractivity contribution >= 4 is 16.8 Å². The van der Waals surface area contributed by atoms with Crippen LogP contribution in [0, 0.1) is 12.7 Å². The van der Waals surface area contributed by atoms with E-state index in [1.807, 2.05) is 6.92 Å². The maximum atomic E-state index is 13.4. The van der Waals surface area contributed by atoms with Gasteiger partial charge in [-0.3, -0.25) is 9.78 Å². The first-order valence-corrected chi connectivity index (χ1v) is 8.85. The molecule has 0 unspecified atom stereocenters. The first-order valence-electron chi connectivity index (χ1n) is 8.85. The number of carbonyl (C=O) groups excluding carboxylic acids is 1. The van der Waals surface area contributed by atoms with E-state index in [1.165, 1.54) is 12.1 Å². The number of ether oxygens (including phenoxy) is 1. The summed E-state index contributed by atoms with van der Waals surface area (Å²) >= 11 is 0. The van der Waals surface area contributed by atoms with Gasteiger partial charge in [0.25, 0.3) is 5.91 Å². The van der Waals surface area contributed by atoms with Crippen LogP contribution in [0.3, 0.4) is 0 Å². The van der Waals surface area contributed by atoms with Crippen molar-refractivity contribution in [3.63, 3.8) is 0 Å². The van der Waals surface area contributed by atoms with Gasteiger partial charge in [0.15, 0.2) is 0 Å². The van der Waals surface area contributed by atoms with Crippen molar-refractivity contribution in [1.29, 1.82) is 0 Å². The fourth-order valence-electron chi connectivity index (χ4n) is 2.97. The van der Waals surface area contributed by atoms with Crippen molar-refractivity contribution in [2.45, 2.75) is 13.5 Å². The number of nitrogens with one attached hydrogen (secondary N) is 1. The fraction of sp³-hybridized carbons (Fsp3) is 0.143. The van der Waals surface area contributed by atoms with Gasteiger partial charge < -0.3 is 14.6 Å². The van der Waals surface area contributed by atoms with Crippen molar-refractivity contribution in [2.75, 3.05) is 7.11 Å². The van der Waals surface area contributed by atoms with E-state index in [-0.39, 0.29) is 24.2 Å². The van der Waals surface area contributed by atoms with Gasteiger partial charge in [-0.1, -0.05) is 17.3 Å². The van der Waals surface area contributed by atoms with Crippen LogP contribution in [0.15, 0.2) is 53.1 Å². The number of hydrogen-bond acceptors (Lipinski definition) is 6. The second kappa shape index (κ2) is 7.67. The Morgan fingerprint density at radius 2 is 2.03 bits per heavy atom. The molecule has 1 amide bonds. The first kappa shape index (κ1) is 18.5. The highest BCUT2D eigenvalue weighted by atomic mass is 19.1. The number of aryl methyl sites for hydroxylation is 1. The summed E-state index contributed by atoms with van der Waals surface area (Å²) in [5.41, 5.74) is 2.38. The highest BCUT2D eigenvalue weighted by molar-refractivity contribution is 6.06. The Morgan fingerprint density at radius 3 is 2.83 bits per heavy atom. The Hall–Kier alpha value is -3.81. The van der Waals surface area contributed by atoms with E-state index >= 15 is 0 Å². The number of pyridine rings is 1. The van der Waals surface area contributed by atoms with Gasteiger partial charge in [0.05, 0.1) is 24.7 Å². The number of hydrogen-bond donors (Lipinski definition) is 1. The molecule has 4 rings (SSSR count). The molecule has 0 aliphatic rings. The van der Waals surface area contributed by atoms with Crippen LogP contribution in [-0.4, -0.2) is 28.1 Å². The van der Waals surface area contributed by atoms with Crippen LogP contribution in [0.5, 0.6) is 5.75 Å². The van der Waals surface area contributed by atoms with Gasteiger partial charge in [0.1, 0.15) is 11.6 Å². The third-order valence-corrected chi connectivity index (χ3v) is 4.34. The number of benzene rings is 2. The number of halogens is 1. The Bertz CT molecular complexity index is 1210. The molecule has 0 saturated heterocycles. The predicted octanol–water partition coefficient (Wildman–Crippen LogP) is 3.67. The molecule has 0 radical (unpaired) electrons. The van der Waals surface area contributed by atoms with E-state index in [2.05, 4.69) is 20.4 Å². The molecule has 8 heteroatoms. The zero-order valence-corrected chi connectivity index (χ0v) is 15.8. The Morgan fingerprint density at radius 1 is 1.17 bits per heavy atom. The van der Waals surface area contributed by atoms with E-state index < -0.39 is 5.82 Å². The van der Waals surface area contributed by atoms with E-state index in [4.69, 9.17) is 9.26 Å². The van der Waals surface area contributed by atoms with Gasteiger partial charge in [-0.25, -0.2) is 4.39 Å². The number of amides is 1. The quantitative estimate of drug-likeness (QED) is 0.557. The summed E-state index contributed by atoms with van der Waals surface area (Å²) in [6, 6.07) is 13.0. The number of aromatic nitrogens is 3. The summed E-state index contributed by atoms with van der Waals surface area (Å²) in [6.45, 7) is 1.86. The summed E-state index contributed by atoms with van der Waals surface area (Å²) in [5, 5.41) is 7.28. The summed E-state index contributed by atoms with van der Waals surface area (Å²) in [7, 11) is 1.56. The molecular formula is C21H17FN4O3. The lowest BCUT2D eigenvalue weighted by molar-refractivity contribution is 0.0948. The van der Waals surface area contributed by atoms with Crippen molar-refractivity contribution < 1.29 is 18.4 Å². The third-order valence-electron chi connectivity index (χ3n) is 4.34. The zero-order chi connectivity index (χ0) is 20.4. The molecule has 0 fully saturated rings. The number of rotatable bonds is 5. The van der Waals surface area contributed by atoms with Gasteiger partial charge in [0, 0.05) is 16.6 Å². The van der Waals surface area contributed by atoms with Crippen molar-refractivity contribution in [3.05, 3.63) is 71.5 Å². The van der Waals surface area contributed by atoms with Gasteiger partial charge >= 0.3 is 0 Å². The largest absolute Gasteiger partial charge is 0.497 e. The monoisotopic (exact) mass is 392 g/mol. The van der Waals surface area contributed by atoms with Crippen LogP contribution in [0.25, 0.3) is 22.3 Å². The maximum Gasteiger partial charge on any atom is 0.252 e. The van der Waals surface area contributed by atoms with Gasteiger partial charge in [0.2, 0.25) is 11.7 Å². The van der Waals surface area contributed by atoms with E-state index in [1.54, 1.807) is 43.5 Å². The lowest BCUT2D eigenvalue weighted by Crippen LogP contribution is -2.23. The van der Waals surface area contributed by atoms with E-state index in [9.17, 15) is 9.18 Å². The summed E-state index contributed by atoms with van der Waals surface area (Å²) in [4.78, 5) is 21.4. The molecule has 0 aliphatic carbocycles. The fourth-order valence-corrected chi connectivity index (χ4v) is 2.97. The van der Waals surface area contributed by atoms with Gasteiger partial charge in [-0.15, -0.1) is 0 Å². The number of carbonyl (C=O) groups is 1. The average Bonchev–Trinajstić information content (AvgIpc) is 3.20. The smallest absolute Gasteiger partial charge is 0.252 e. The Labute approximate surface area is 165 Å². The predicted molar refractivity (Wildman–Crippen MR) is 104 cm³/mol. The molecule has 2 heterocycles. The Balaban J connectivity index is 1.55. The molecule has 2 aromatic carbocycles. The normalized spacial score (nSPS) is 10.9. The zero-order valence-electron chi connectivity index (χ0n) is 15.8. The molecule has 0 spiro atoms. The van der Waals surface area contributed by atoms with Gasteiger partial charge in [-0.2, -0.15) is 4.98 Å². The van der Waals surface area contributed by atoms with Crippen molar-refractivity contribution in [3.8, 4) is 17.1 Å². The molecule has 7 nitrogen and oxygen atoms in total. The Kier molecular flexibility index (Phi) is 4.90. The lowest BCUT2D eigenvalue weighted by Gasteiger charge is -2.09. The molecule has 0 bridgehead atoms. The summed E-state index contributed by atoms with van der Waals surface area (Å²) in [6.07, 6.45) is 0. The number of methoxy groups -OCH3 is 1. The molecule has 146 valence electrons. The first-order chi connectivity index (χ1) is 14.0. The third kappa shape index (κ3) is 3.91. The highest BCUT2D eigenvalue weighted by Gasteiger charge is 2.15. The second-order valence-electron chi connectivity index (χ2n) is 6.40. The van der Waals surface area contributed by atoms with Crippen molar-refractivity contribution in [2.24, 2.45) is 0 Å². The standard InChI is InChI=1S/C21H17FN4O3/c1-12-8-17(16-10-15(28-2)6-7-18(16)24-12)21(27)23-11-19-25-20(26-29-19)13-4-3-5-14(22)9-13/h3-10H,11H2,1-2H3,(H,23,27). The van der Waals surface area contributed by atoms with Crippen LogP contribution < -0.4 is 10.1 Å². The maximum absolute atomic E-state index is 13.4. The minimum Gasteiger partial charge on any atom is -0.497 e. The SMILES string of the molecule is COc1ccc2nc(C)cc(C(=O)NCc3nc(-c4cccc(F)c4)no3)c2c1. The van der Waals surface area contributed by atoms with Crippen LogP contribution in [0.2, 0.25) is 0 Å². The number of nitrogens with zero attached hydrogens (tertiary/aromatic N) is 3. The molecule has 29 heavy (non-hydrogen) atoms. The highest BCUT2D eigenvalue weighted by Crippen LogP contribution is 2.24. The minimum atomic E-state index is -0.391. The topological polar surface area (TPSA) is 90.1 Å². The summed E-state index contributed by atoms with van der Waals surface area (Å²) < 4.78 is 23.8. The second-order valence-corrected chi connectivity index (χ2v) is 6.40. The van der Waals surface area contributed by atoms with Crippen LogP contribution in [-0.2, 0) is 6.54 Å². The molecule has 4 aromatic rings. The number of fused-ring (bicyclic) bond motifs is 1. The van der Waals surface area contributed by atoms with E-state index in [0.29, 0.717) is 27.8 Å². The summed E-state index contributed by atoms with van der Waals surface area (Å²) in [5.74, 6) is 0.402. The molecule has 1 N–H and O–H groups in total. The van der Waals surface area contributed by atoms with Crippen LogP contribution >= 0.6 is 0 Å². The molecule has 0 saturated carbocycles.